The minimum atomic E-state index is -5.08. The van der Waals surface area contributed by atoms with Gasteiger partial charge in [-0.25, -0.2) is 13.1 Å². The molecule has 6 rings (SSSR count). The summed E-state index contributed by atoms with van der Waals surface area (Å²) in [5, 5.41) is 12.3. The summed E-state index contributed by atoms with van der Waals surface area (Å²) in [6.07, 6.45) is -3.16. The van der Waals surface area contributed by atoms with E-state index in [0.29, 0.717) is 65.2 Å². The van der Waals surface area contributed by atoms with Crippen molar-refractivity contribution in [3.8, 4) is 28.6 Å². The second-order valence-corrected chi connectivity index (χ2v) is 15.6. The van der Waals surface area contributed by atoms with Gasteiger partial charge < -0.3 is 25.7 Å². The summed E-state index contributed by atoms with van der Waals surface area (Å²) < 4.78 is 94.8. The van der Waals surface area contributed by atoms with Crippen LogP contribution in [0.1, 0.15) is 59.4 Å². The molecule has 0 spiro atoms. The lowest BCUT2D eigenvalue weighted by atomic mass is 9.73. The third kappa shape index (κ3) is 8.77. The minimum Gasteiger partial charge on any atom is -0.497 e. The third-order valence-electron chi connectivity index (χ3n) is 10.2. The maximum Gasteiger partial charge on any atom is 0.417 e. The molecule has 5 aromatic rings. The van der Waals surface area contributed by atoms with Crippen LogP contribution in [0.15, 0.2) is 89.8 Å². The van der Waals surface area contributed by atoms with Crippen molar-refractivity contribution in [3.63, 3.8) is 0 Å². The van der Waals surface area contributed by atoms with Crippen LogP contribution >= 0.6 is 0 Å². The van der Waals surface area contributed by atoms with Gasteiger partial charge in [0.15, 0.2) is 5.82 Å². The van der Waals surface area contributed by atoms with Crippen LogP contribution in [0.25, 0.3) is 11.4 Å². The van der Waals surface area contributed by atoms with E-state index in [0.717, 1.165) is 10.4 Å². The molecule has 0 saturated heterocycles. The van der Waals surface area contributed by atoms with Crippen molar-refractivity contribution in [2.75, 3.05) is 27.9 Å². The SMILES string of the molecule is COc1ccc(CN(Cc2ccc(OC)cc2)S(=O)(=O)c2c(C(F)(F)F)ccc(C3CCC(N)(CN)CC3)c2-c2nnnn2Cc2ccc(OC)cc2)cc1. The van der Waals surface area contributed by atoms with Crippen LogP contribution < -0.4 is 25.7 Å². The van der Waals surface area contributed by atoms with Gasteiger partial charge in [-0.1, -0.05) is 42.5 Å². The molecule has 12 nitrogen and oxygen atoms in total. The summed E-state index contributed by atoms with van der Waals surface area (Å²) in [7, 11) is -0.471. The van der Waals surface area contributed by atoms with Crippen LogP contribution in [0.3, 0.4) is 0 Å². The van der Waals surface area contributed by atoms with E-state index in [1.54, 1.807) is 72.8 Å². The zero-order valence-corrected chi connectivity index (χ0v) is 31.6. The van der Waals surface area contributed by atoms with E-state index in [9.17, 15) is 0 Å². The van der Waals surface area contributed by atoms with Crippen molar-refractivity contribution < 1.29 is 35.8 Å². The molecule has 55 heavy (non-hydrogen) atoms. The number of hydrogen-bond acceptors (Lipinski definition) is 10. The highest BCUT2D eigenvalue weighted by molar-refractivity contribution is 7.89. The molecule has 4 aromatic carbocycles. The van der Waals surface area contributed by atoms with Crippen LogP contribution in [0.5, 0.6) is 17.2 Å². The Hall–Kier alpha value is -5.03. The summed E-state index contributed by atoms with van der Waals surface area (Å²) in [5.41, 5.74) is 12.5. The molecule has 0 bridgehead atoms. The highest BCUT2D eigenvalue weighted by Gasteiger charge is 2.44. The molecular weight excluding hydrogens is 736 g/mol. The Bertz CT molecular complexity index is 2120. The quantitative estimate of drug-likeness (QED) is 0.134. The van der Waals surface area contributed by atoms with E-state index in [4.69, 9.17) is 25.7 Å². The molecule has 1 aliphatic rings. The first-order chi connectivity index (χ1) is 26.3. The molecule has 1 heterocycles. The number of hydrogen-bond donors (Lipinski definition) is 2. The molecule has 0 radical (unpaired) electrons. The number of aromatic nitrogens is 4. The Morgan fingerprint density at radius 1 is 0.800 bits per heavy atom. The van der Waals surface area contributed by atoms with Crippen molar-refractivity contribution in [1.82, 2.24) is 24.5 Å². The molecule has 1 aliphatic carbocycles. The standard InChI is InChI=1S/C39H44F3N7O5S/c1-52-30-10-4-26(5-11-30)22-48(23-27-6-12-31(53-2)13-7-27)55(50,51)36-34(39(40,41)42)17-16-33(29-18-20-38(44,25-43)21-19-29)35(36)37-45-46-47-49(37)24-28-8-14-32(54-3)15-9-28/h4-17,29H,18-25,43-44H2,1-3H3. The van der Waals surface area contributed by atoms with Gasteiger partial charge in [-0.2, -0.15) is 17.5 Å². The van der Waals surface area contributed by atoms with E-state index in [-0.39, 0.29) is 43.5 Å². The number of benzene rings is 4. The van der Waals surface area contributed by atoms with E-state index in [2.05, 4.69) is 15.5 Å². The van der Waals surface area contributed by atoms with Gasteiger partial charge in [-0.3, -0.25) is 0 Å². The monoisotopic (exact) mass is 779 g/mol. The second-order valence-electron chi connectivity index (χ2n) is 13.7. The predicted molar refractivity (Wildman–Crippen MR) is 200 cm³/mol. The Morgan fingerprint density at radius 2 is 1.29 bits per heavy atom. The number of halogens is 3. The maximum absolute atomic E-state index is 15.3. The Kier molecular flexibility index (Phi) is 11.8. The molecule has 0 atom stereocenters. The lowest BCUT2D eigenvalue weighted by Gasteiger charge is -2.37. The zero-order chi connectivity index (χ0) is 39.4. The van der Waals surface area contributed by atoms with Gasteiger partial charge in [0.25, 0.3) is 0 Å². The first-order valence-electron chi connectivity index (χ1n) is 17.7. The topological polar surface area (TPSA) is 161 Å². The van der Waals surface area contributed by atoms with Gasteiger partial charge in [0.2, 0.25) is 10.0 Å². The maximum atomic E-state index is 15.3. The van der Waals surface area contributed by atoms with Crippen molar-refractivity contribution in [3.05, 3.63) is 113 Å². The zero-order valence-electron chi connectivity index (χ0n) is 30.8. The third-order valence-corrected chi connectivity index (χ3v) is 12.1. The molecule has 0 unspecified atom stereocenters. The molecule has 16 heteroatoms. The van der Waals surface area contributed by atoms with Gasteiger partial charge in [-0.05, 0) is 107 Å². The van der Waals surface area contributed by atoms with Gasteiger partial charge in [0, 0.05) is 30.7 Å². The van der Waals surface area contributed by atoms with E-state index >= 15 is 21.6 Å². The van der Waals surface area contributed by atoms with Crippen molar-refractivity contribution >= 4 is 10.0 Å². The molecular formula is C39H44F3N7O5S. The number of nitrogens with two attached hydrogens (primary N) is 2. The van der Waals surface area contributed by atoms with Crippen molar-refractivity contribution in [1.29, 1.82) is 0 Å². The smallest absolute Gasteiger partial charge is 0.417 e. The van der Waals surface area contributed by atoms with E-state index in [1.807, 2.05) is 0 Å². The number of tetrazole rings is 1. The molecule has 1 fully saturated rings. The largest absolute Gasteiger partial charge is 0.497 e. The minimum absolute atomic E-state index is 0.0344. The average molecular weight is 780 g/mol. The number of nitrogens with zero attached hydrogens (tertiary/aromatic N) is 5. The van der Waals surface area contributed by atoms with Gasteiger partial charge in [0.1, 0.15) is 22.1 Å². The summed E-state index contributed by atoms with van der Waals surface area (Å²) in [4.78, 5) is -0.922. The lowest BCUT2D eigenvalue weighted by Crippen LogP contribution is -2.49. The first kappa shape index (κ1) is 39.7. The predicted octanol–water partition coefficient (Wildman–Crippen LogP) is 6.14. The number of ether oxygens (including phenoxy) is 3. The van der Waals surface area contributed by atoms with E-state index < -0.39 is 32.2 Å². The Labute approximate surface area is 318 Å². The summed E-state index contributed by atoms with van der Waals surface area (Å²) in [5.74, 6) is 1.20. The summed E-state index contributed by atoms with van der Waals surface area (Å²) in [6, 6.07) is 22.6. The summed E-state index contributed by atoms with van der Waals surface area (Å²) in [6.45, 7) is -0.241. The first-order valence-corrected chi connectivity index (χ1v) is 19.1. The van der Waals surface area contributed by atoms with Crippen LogP contribution in [-0.2, 0) is 35.8 Å². The van der Waals surface area contributed by atoms with Gasteiger partial charge in [-0.15, -0.1) is 5.10 Å². The average Bonchev–Trinajstić information content (AvgIpc) is 3.65. The van der Waals surface area contributed by atoms with E-state index in [1.165, 1.54) is 32.1 Å². The lowest BCUT2D eigenvalue weighted by molar-refractivity contribution is -0.139. The normalized spacial score (nSPS) is 17.7. The Morgan fingerprint density at radius 3 is 1.75 bits per heavy atom. The second kappa shape index (κ2) is 16.4. The number of rotatable bonds is 14. The van der Waals surface area contributed by atoms with Crippen LogP contribution in [-0.4, -0.2) is 66.3 Å². The molecule has 1 saturated carbocycles. The van der Waals surface area contributed by atoms with Crippen molar-refractivity contribution in [2.24, 2.45) is 11.5 Å². The molecule has 1 aromatic heterocycles. The van der Waals surface area contributed by atoms with Crippen LogP contribution in [0.4, 0.5) is 13.2 Å². The molecule has 0 aliphatic heterocycles. The van der Waals surface area contributed by atoms with Crippen molar-refractivity contribution in [2.45, 2.75) is 67.8 Å². The van der Waals surface area contributed by atoms with Crippen LogP contribution in [0, 0.1) is 0 Å². The molecule has 292 valence electrons. The van der Waals surface area contributed by atoms with Gasteiger partial charge >= 0.3 is 6.18 Å². The van der Waals surface area contributed by atoms with Gasteiger partial charge in [0.05, 0.1) is 33.4 Å². The fraction of sp³-hybridized carbons (Fsp3) is 0.359. The number of alkyl halides is 3. The Balaban J connectivity index is 1.58. The van der Waals surface area contributed by atoms with Crippen LogP contribution in [0.2, 0.25) is 0 Å². The number of sulfonamides is 1. The highest BCUT2D eigenvalue weighted by Crippen LogP contribution is 2.47. The fourth-order valence-corrected chi connectivity index (χ4v) is 8.81. The highest BCUT2D eigenvalue weighted by atomic mass is 32.2. The molecule has 0 amide bonds. The summed E-state index contributed by atoms with van der Waals surface area (Å²) >= 11 is 0. The number of methoxy groups -OCH3 is 3. The molecule has 4 N–H and O–H groups in total. The fourth-order valence-electron chi connectivity index (χ4n) is 6.99.